The molecule has 0 aliphatic carbocycles. The van der Waals surface area contributed by atoms with Crippen LogP contribution in [0.5, 0.6) is 0 Å². The van der Waals surface area contributed by atoms with Gasteiger partial charge >= 0.3 is 0 Å². The van der Waals surface area contributed by atoms with E-state index in [-0.39, 0.29) is 0 Å². The van der Waals surface area contributed by atoms with E-state index < -0.39 is 0 Å². The van der Waals surface area contributed by atoms with E-state index in [1.165, 1.54) is 33.2 Å². The van der Waals surface area contributed by atoms with Gasteiger partial charge in [0.1, 0.15) is 0 Å². The van der Waals surface area contributed by atoms with Crippen molar-refractivity contribution in [3.8, 4) is 5.69 Å². The highest BCUT2D eigenvalue weighted by molar-refractivity contribution is 5.89. The van der Waals surface area contributed by atoms with Gasteiger partial charge < -0.3 is 9.88 Å². The number of rotatable bonds is 1. The van der Waals surface area contributed by atoms with E-state index in [0.717, 1.165) is 30.7 Å². The highest BCUT2D eigenvalue weighted by Crippen LogP contribution is 2.32. The minimum Gasteiger partial charge on any atom is -0.313 e. The van der Waals surface area contributed by atoms with Gasteiger partial charge in [0.05, 0.1) is 11.0 Å². The maximum absolute atomic E-state index is 4.63. The second kappa shape index (κ2) is 5.18. The summed E-state index contributed by atoms with van der Waals surface area (Å²) < 4.78 is 2.44. The van der Waals surface area contributed by atoms with Gasteiger partial charge in [0.25, 0.3) is 0 Å². The van der Waals surface area contributed by atoms with Gasteiger partial charge in [0.2, 0.25) is 0 Å². The fourth-order valence-electron chi connectivity index (χ4n) is 3.89. The smallest absolute Gasteiger partial charge is 0.0706 e. The second-order valence-electron chi connectivity index (χ2n) is 6.53. The Morgan fingerprint density at radius 3 is 2.92 bits per heavy atom. The lowest BCUT2D eigenvalue weighted by Crippen LogP contribution is -2.24. The van der Waals surface area contributed by atoms with Crippen molar-refractivity contribution in [2.45, 2.75) is 19.9 Å². The van der Waals surface area contributed by atoms with Crippen LogP contribution in [-0.2, 0) is 13.0 Å². The molecule has 0 fully saturated rings. The number of hydrogen-bond acceptors (Lipinski definition) is 2. The van der Waals surface area contributed by atoms with Crippen molar-refractivity contribution in [3.05, 3.63) is 71.5 Å². The lowest BCUT2D eigenvalue weighted by molar-refractivity contribution is 0.631. The Balaban J connectivity index is 1.81. The van der Waals surface area contributed by atoms with Gasteiger partial charge in [-0.1, -0.05) is 24.3 Å². The number of nitrogens with one attached hydrogen (secondary N) is 1. The maximum Gasteiger partial charge on any atom is 0.0706 e. The number of benzene rings is 2. The summed E-state index contributed by atoms with van der Waals surface area (Å²) in [6.45, 7) is 4.03. The minimum absolute atomic E-state index is 0.956. The molecule has 0 bridgehead atoms. The van der Waals surface area contributed by atoms with E-state index in [4.69, 9.17) is 0 Å². The highest BCUT2D eigenvalue weighted by Gasteiger charge is 2.20. The van der Waals surface area contributed by atoms with Crippen molar-refractivity contribution >= 4 is 21.8 Å². The Morgan fingerprint density at radius 2 is 1.96 bits per heavy atom. The molecule has 24 heavy (non-hydrogen) atoms. The zero-order chi connectivity index (χ0) is 16.1. The number of fused-ring (bicyclic) bond motifs is 4. The molecule has 0 amide bonds. The molecule has 3 heterocycles. The molecule has 1 aliphatic rings. The summed E-state index contributed by atoms with van der Waals surface area (Å²) >= 11 is 0. The molecule has 4 aromatic rings. The molecule has 3 nitrogen and oxygen atoms in total. The summed E-state index contributed by atoms with van der Waals surface area (Å²) in [4.78, 5) is 4.63. The molecule has 3 heteroatoms. The zero-order valence-corrected chi connectivity index (χ0v) is 13.7. The van der Waals surface area contributed by atoms with Crippen molar-refractivity contribution in [1.29, 1.82) is 0 Å². The Labute approximate surface area is 140 Å². The van der Waals surface area contributed by atoms with Gasteiger partial charge in [-0.2, -0.15) is 0 Å². The van der Waals surface area contributed by atoms with Crippen molar-refractivity contribution in [3.63, 3.8) is 0 Å². The molecular weight excluding hydrogens is 294 g/mol. The van der Waals surface area contributed by atoms with Gasteiger partial charge in [-0.25, -0.2) is 0 Å². The number of hydrogen-bond donors (Lipinski definition) is 1. The van der Waals surface area contributed by atoms with Crippen molar-refractivity contribution < 1.29 is 0 Å². The molecule has 5 rings (SSSR count). The Hall–Kier alpha value is -2.65. The van der Waals surface area contributed by atoms with Crippen LogP contribution in [0.3, 0.4) is 0 Å². The van der Waals surface area contributed by atoms with Gasteiger partial charge in [-0.05, 0) is 42.8 Å². The van der Waals surface area contributed by atoms with E-state index >= 15 is 0 Å². The summed E-state index contributed by atoms with van der Waals surface area (Å²) in [6, 6.07) is 19.6. The van der Waals surface area contributed by atoms with E-state index in [1.54, 1.807) is 0 Å². The first-order chi connectivity index (χ1) is 11.8. The first-order valence-corrected chi connectivity index (χ1v) is 8.51. The van der Waals surface area contributed by atoms with Crippen molar-refractivity contribution in [2.24, 2.45) is 0 Å². The SMILES string of the molecule is Cc1ccc2cc(-n3c4c(c5ccccc53)CNCC4)ccc2n1. The van der Waals surface area contributed by atoms with Crippen LogP contribution >= 0.6 is 0 Å². The molecule has 1 aliphatic heterocycles. The Bertz CT molecular complexity index is 1080. The summed E-state index contributed by atoms with van der Waals surface area (Å²) in [5, 5.41) is 6.07. The summed E-state index contributed by atoms with van der Waals surface area (Å²) in [7, 11) is 0. The first kappa shape index (κ1) is 13.8. The number of aryl methyl sites for hydroxylation is 1. The lowest BCUT2D eigenvalue weighted by atomic mass is 10.1. The van der Waals surface area contributed by atoms with E-state index in [9.17, 15) is 0 Å². The third kappa shape index (κ3) is 1.98. The van der Waals surface area contributed by atoms with Crippen LogP contribution in [0, 0.1) is 6.92 Å². The molecule has 2 aromatic carbocycles. The minimum atomic E-state index is 0.956. The van der Waals surface area contributed by atoms with Crippen LogP contribution in [-0.4, -0.2) is 16.1 Å². The fraction of sp³-hybridized carbons (Fsp3) is 0.190. The molecule has 0 saturated heterocycles. The molecule has 2 aromatic heterocycles. The topological polar surface area (TPSA) is 29.9 Å². The van der Waals surface area contributed by atoms with Gasteiger partial charge in [-0.15, -0.1) is 0 Å². The third-order valence-electron chi connectivity index (χ3n) is 5.00. The average molecular weight is 313 g/mol. The fourth-order valence-corrected chi connectivity index (χ4v) is 3.89. The highest BCUT2D eigenvalue weighted by atomic mass is 15.0. The molecule has 118 valence electrons. The van der Waals surface area contributed by atoms with Gasteiger partial charge in [0.15, 0.2) is 0 Å². The van der Waals surface area contributed by atoms with Crippen LogP contribution in [0.2, 0.25) is 0 Å². The molecule has 0 radical (unpaired) electrons. The molecule has 0 saturated carbocycles. The standard InChI is InChI=1S/C21H19N3/c1-14-6-7-15-12-16(8-9-19(15)23-14)24-20-5-3-2-4-17(20)18-13-22-11-10-21(18)24/h2-9,12,22H,10-11,13H2,1H3. The lowest BCUT2D eigenvalue weighted by Gasteiger charge is -2.17. The summed E-state index contributed by atoms with van der Waals surface area (Å²) in [5.41, 5.74) is 7.53. The molecule has 0 unspecified atom stereocenters. The third-order valence-corrected chi connectivity index (χ3v) is 5.00. The maximum atomic E-state index is 4.63. The average Bonchev–Trinajstić information content (AvgIpc) is 2.96. The van der Waals surface area contributed by atoms with E-state index in [2.05, 4.69) is 69.5 Å². The monoisotopic (exact) mass is 313 g/mol. The summed E-state index contributed by atoms with van der Waals surface area (Å²) in [5.74, 6) is 0. The van der Waals surface area contributed by atoms with E-state index in [1.807, 2.05) is 6.92 Å². The predicted octanol–water partition coefficient (Wildman–Crippen LogP) is 4.13. The molecule has 1 N–H and O–H groups in total. The first-order valence-electron chi connectivity index (χ1n) is 8.51. The largest absolute Gasteiger partial charge is 0.313 e. The van der Waals surface area contributed by atoms with Crippen LogP contribution < -0.4 is 5.32 Å². The van der Waals surface area contributed by atoms with Crippen LogP contribution in [0.15, 0.2) is 54.6 Å². The molecule has 0 spiro atoms. The van der Waals surface area contributed by atoms with Gasteiger partial charge in [-0.3, -0.25) is 4.98 Å². The number of para-hydroxylation sites is 1. The Morgan fingerprint density at radius 1 is 1.04 bits per heavy atom. The Kier molecular flexibility index (Phi) is 2.97. The van der Waals surface area contributed by atoms with E-state index in [0.29, 0.717) is 0 Å². The van der Waals surface area contributed by atoms with Crippen LogP contribution in [0.1, 0.15) is 17.0 Å². The van der Waals surface area contributed by atoms with Crippen LogP contribution in [0.4, 0.5) is 0 Å². The normalized spacial score (nSPS) is 14.2. The second-order valence-corrected chi connectivity index (χ2v) is 6.53. The number of pyridine rings is 1. The van der Waals surface area contributed by atoms with Crippen molar-refractivity contribution in [1.82, 2.24) is 14.9 Å². The number of aromatic nitrogens is 2. The van der Waals surface area contributed by atoms with Crippen LogP contribution in [0.25, 0.3) is 27.5 Å². The predicted molar refractivity (Wildman–Crippen MR) is 98.7 cm³/mol. The quantitative estimate of drug-likeness (QED) is 0.572. The summed E-state index contributed by atoms with van der Waals surface area (Å²) in [6.07, 6.45) is 1.06. The van der Waals surface area contributed by atoms with Gasteiger partial charge in [0, 0.05) is 47.4 Å². The number of nitrogens with zero attached hydrogens (tertiary/aromatic N) is 2. The molecule has 0 atom stereocenters. The molecular formula is C21H19N3. The van der Waals surface area contributed by atoms with Crippen molar-refractivity contribution in [2.75, 3.05) is 6.54 Å². The zero-order valence-electron chi connectivity index (χ0n) is 13.7.